The van der Waals surface area contributed by atoms with Crippen LogP contribution >= 0.6 is 0 Å². The van der Waals surface area contributed by atoms with E-state index in [9.17, 15) is 8.42 Å². The third kappa shape index (κ3) is 2.95. The molecule has 0 atom stereocenters. The van der Waals surface area contributed by atoms with Crippen LogP contribution in [0.4, 0.5) is 0 Å². The summed E-state index contributed by atoms with van der Waals surface area (Å²) in [7, 11) is -4.03. The van der Waals surface area contributed by atoms with Gasteiger partial charge in [0.25, 0.3) is 10.1 Å². The average molecular weight is 236 g/mol. The van der Waals surface area contributed by atoms with Crippen LogP contribution in [0.15, 0.2) is 29.2 Å². The van der Waals surface area contributed by atoms with Gasteiger partial charge in [-0.05, 0) is 24.6 Å². The Hall–Kier alpha value is -0.351. The van der Waals surface area contributed by atoms with Crippen LogP contribution in [0.25, 0.3) is 0 Å². The summed E-state index contributed by atoms with van der Waals surface area (Å²) in [6.07, 6.45) is 0. The van der Waals surface area contributed by atoms with E-state index in [0.717, 1.165) is 5.56 Å². The monoisotopic (exact) mass is 235 g/mol. The zero-order chi connectivity index (χ0) is 8.48. The van der Waals surface area contributed by atoms with Gasteiger partial charge in [0.15, 0.2) is 0 Å². The zero-order valence-electron chi connectivity index (χ0n) is 6.28. The maximum Gasteiger partial charge on any atom is 0.294 e. The third-order valence-electron chi connectivity index (χ3n) is 1.29. The minimum absolute atomic E-state index is 0. The van der Waals surface area contributed by atoms with Gasteiger partial charge in [0.2, 0.25) is 0 Å². The van der Waals surface area contributed by atoms with Gasteiger partial charge in [0, 0.05) is 17.1 Å². The first-order chi connectivity index (χ1) is 5.00. The molecule has 0 saturated heterocycles. The van der Waals surface area contributed by atoms with Crippen molar-refractivity contribution in [3.8, 4) is 0 Å². The number of rotatable bonds is 1. The summed E-state index contributed by atoms with van der Waals surface area (Å²) in [5.74, 6) is 0. The molecule has 1 aromatic carbocycles. The van der Waals surface area contributed by atoms with Crippen molar-refractivity contribution in [1.29, 1.82) is 0 Å². The number of hydrogen-bond donors (Lipinski definition) is 1. The van der Waals surface area contributed by atoms with Crippen molar-refractivity contribution in [3.05, 3.63) is 29.8 Å². The average Bonchev–Trinajstić information content (AvgIpc) is 1.86. The molecule has 71 valence electrons. The van der Waals surface area contributed by atoms with Crippen molar-refractivity contribution in [2.75, 3.05) is 0 Å². The predicted octanol–water partition coefficient (Wildman–Crippen LogP) is 1.24. The Morgan fingerprint density at radius 2 is 1.92 bits per heavy atom. The molecular formula is C7H8CuO3S. The first-order valence-corrected chi connectivity index (χ1v) is 4.48. The van der Waals surface area contributed by atoms with Crippen LogP contribution in [-0.2, 0) is 27.2 Å². The maximum atomic E-state index is 10.5. The molecule has 1 aromatic rings. The van der Waals surface area contributed by atoms with Crippen LogP contribution in [0.1, 0.15) is 5.56 Å². The molecule has 1 radical (unpaired) electrons. The second kappa shape index (κ2) is 4.05. The molecule has 0 heterocycles. The standard InChI is InChI=1S/C7H8O3S.Cu/c1-6-3-2-4-7(5-6)11(8,9)10;/h2-5H,1H3,(H,8,9,10);. The van der Waals surface area contributed by atoms with Crippen LogP contribution in [0.5, 0.6) is 0 Å². The van der Waals surface area contributed by atoms with Crippen LogP contribution in [0, 0.1) is 6.92 Å². The molecule has 0 unspecified atom stereocenters. The van der Waals surface area contributed by atoms with Crippen molar-refractivity contribution < 1.29 is 30.0 Å². The Bertz CT molecular complexity index is 359. The fourth-order valence-corrected chi connectivity index (χ4v) is 1.36. The third-order valence-corrected chi connectivity index (χ3v) is 2.14. The van der Waals surface area contributed by atoms with Gasteiger partial charge in [-0.2, -0.15) is 8.42 Å². The van der Waals surface area contributed by atoms with Gasteiger partial charge in [-0.15, -0.1) is 0 Å². The Labute approximate surface area is 82.0 Å². The predicted molar refractivity (Wildman–Crippen MR) is 41.0 cm³/mol. The van der Waals surface area contributed by atoms with Crippen molar-refractivity contribution in [3.63, 3.8) is 0 Å². The molecule has 1 N–H and O–H groups in total. The van der Waals surface area contributed by atoms with E-state index in [2.05, 4.69) is 0 Å². The topological polar surface area (TPSA) is 54.4 Å². The quantitative estimate of drug-likeness (QED) is 0.589. The molecule has 1 rings (SSSR count). The van der Waals surface area contributed by atoms with Gasteiger partial charge in [0.05, 0.1) is 4.90 Å². The van der Waals surface area contributed by atoms with Crippen LogP contribution < -0.4 is 0 Å². The van der Waals surface area contributed by atoms with Crippen LogP contribution in [-0.4, -0.2) is 13.0 Å². The Balaban J connectivity index is 0.00000121. The minimum Gasteiger partial charge on any atom is -0.282 e. The van der Waals surface area contributed by atoms with E-state index in [-0.39, 0.29) is 22.0 Å². The molecule has 0 aliphatic carbocycles. The summed E-state index contributed by atoms with van der Waals surface area (Å²) in [5, 5.41) is 0. The molecule has 0 bridgehead atoms. The van der Waals surface area contributed by atoms with Crippen LogP contribution in [0.2, 0.25) is 0 Å². The summed E-state index contributed by atoms with van der Waals surface area (Å²) in [5.41, 5.74) is 0.806. The van der Waals surface area contributed by atoms with E-state index < -0.39 is 10.1 Å². The van der Waals surface area contributed by atoms with E-state index in [0.29, 0.717) is 0 Å². The van der Waals surface area contributed by atoms with E-state index >= 15 is 0 Å². The minimum atomic E-state index is -4.03. The first kappa shape index (κ1) is 11.6. The molecule has 0 fully saturated rings. The number of aryl methyl sites for hydroxylation is 1. The molecule has 3 nitrogen and oxygen atoms in total. The van der Waals surface area contributed by atoms with E-state index in [1.165, 1.54) is 12.1 Å². The normalized spacial score (nSPS) is 10.5. The molecular weight excluding hydrogens is 228 g/mol. The summed E-state index contributed by atoms with van der Waals surface area (Å²) in [6, 6.07) is 6.10. The van der Waals surface area contributed by atoms with Crippen molar-refractivity contribution >= 4 is 10.1 Å². The molecule has 0 aliphatic heterocycles. The molecule has 0 aliphatic rings. The van der Waals surface area contributed by atoms with Crippen molar-refractivity contribution in [2.24, 2.45) is 0 Å². The van der Waals surface area contributed by atoms with Gasteiger partial charge >= 0.3 is 0 Å². The summed E-state index contributed by atoms with van der Waals surface area (Å²) >= 11 is 0. The van der Waals surface area contributed by atoms with Crippen molar-refractivity contribution in [1.82, 2.24) is 0 Å². The zero-order valence-corrected chi connectivity index (χ0v) is 8.04. The smallest absolute Gasteiger partial charge is 0.282 e. The number of hydrogen-bond acceptors (Lipinski definition) is 2. The Kier molecular flexibility index (Phi) is 3.93. The SMILES string of the molecule is Cc1cccc(S(=O)(=O)O)c1.[Cu]. The van der Waals surface area contributed by atoms with E-state index in [4.69, 9.17) is 4.55 Å². The van der Waals surface area contributed by atoms with Gasteiger partial charge in [0.1, 0.15) is 0 Å². The van der Waals surface area contributed by atoms with E-state index in [1.54, 1.807) is 19.1 Å². The summed E-state index contributed by atoms with van der Waals surface area (Å²) in [4.78, 5) is -0.0579. The van der Waals surface area contributed by atoms with E-state index in [1.807, 2.05) is 0 Å². The molecule has 12 heavy (non-hydrogen) atoms. The largest absolute Gasteiger partial charge is 0.294 e. The molecule has 0 saturated carbocycles. The van der Waals surface area contributed by atoms with Crippen LogP contribution in [0.3, 0.4) is 0 Å². The van der Waals surface area contributed by atoms with Gasteiger partial charge in [-0.25, -0.2) is 0 Å². The fourth-order valence-electron chi connectivity index (χ4n) is 0.776. The molecule has 5 heteroatoms. The molecule has 0 spiro atoms. The second-order valence-electron chi connectivity index (χ2n) is 2.29. The Morgan fingerprint density at radius 3 is 2.25 bits per heavy atom. The summed E-state index contributed by atoms with van der Waals surface area (Å²) < 4.78 is 29.7. The number of benzene rings is 1. The summed E-state index contributed by atoms with van der Waals surface area (Å²) in [6.45, 7) is 1.76. The molecule has 0 aromatic heterocycles. The first-order valence-electron chi connectivity index (χ1n) is 3.04. The van der Waals surface area contributed by atoms with Gasteiger partial charge in [-0.3, -0.25) is 4.55 Å². The van der Waals surface area contributed by atoms with Gasteiger partial charge < -0.3 is 0 Å². The van der Waals surface area contributed by atoms with Crippen molar-refractivity contribution in [2.45, 2.75) is 11.8 Å². The molecule has 0 amide bonds. The second-order valence-corrected chi connectivity index (χ2v) is 3.71. The maximum absolute atomic E-state index is 10.5. The Morgan fingerprint density at radius 1 is 1.33 bits per heavy atom. The fraction of sp³-hybridized carbons (Fsp3) is 0.143. The van der Waals surface area contributed by atoms with Gasteiger partial charge in [-0.1, -0.05) is 12.1 Å².